The monoisotopic (exact) mass is 486 g/mol. The van der Waals surface area contributed by atoms with Crippen LogP contribution >= 0.6 is 55.7 Å². The second-order valence-electron chi connectivity index (χ2n) is 4.93. The second-order valence-corrected chi connectivity index (χ2v) is 7.52. The number of nitrogens with zero attached hydrogens (tertiary/aromatic N) is 1. The van der Waals surface area contributed by atoms with Crippen LogP contribution in [0.2, 0.25) is 5.02 Å². The van der Waals surface area contributed by atoms with E-state index >= 15 is 0 Å². The van der Waals surface area contributed by atoms with Gasteiger partial charge in [-0.2, -0.15) is 0 Å². The molecule has 2 aromatic rings. The van der Waals surface area contributed by atoms with Gasteiger partial charge in [-0.25, -0.2) is 0 Å². The summed E-state index contributed by atoms with van der Waals surface area (Å²) in [4.78, 5) is 14.0. The van der Waals surface area contributed by atoms with Gasteiger partial charge in [0, 0.05) is 15.1 Å². The van der Waals surface area contributed by atoms with E-state index in [1.807, 2.05) is 0 Å². The molecule has 2 aromatic carbocycles. The van der Waals surface area contributed by atoms with Gasteiger partial charge in [0.2, 0.25) is 0 Å². The highest BCUT2D eigenvalue weighted by Gasteiger charge is 2.32. The summed E-state index contributed by atoms with van der Waals surface area (Å²) >= 11 is 17.7. The van der Waals surface area contributed by atoms with Crippen molar-refractivity contribution in [3.63, 3.8) is 0 Å². The third-order valence-electron chi connectivity index (χ3n) is 3.32. The molecule has 3 rings (SSSR count). The lowest BCUT2D eigenvalue weighted by molar-refractivity contribution is -0.113. The summed E-state index contributed by atoms with van der Waals surface area (Å²) in [5, 5.41) is 13.9. The fourth-order valence-electron chi connectivity index (χ4n) is 2.21. The van der Waals surface area contributed by atoms with Crippen LogP contribution in [0.4, 0.5) is 5.69 Å². The van der Waals surface area contributed by atoms with Gasteiger partial charge in [-0.15, -0.1) is 0 Å². The van der Waals surface area contributed by atoms with Gasteiger partial charge in [0.25, 0.3) is 5.91 Å². The topological polar surface area (TPSA) is 52.6 Å². The lowest BCUT2D eigenvalue weighted by Gasteiger charge is -2.13. The predicted molar refractivity (Wildman–Crippen MR) is 106 cm³/mol. The molecule has 0 unspecified atom stereocenters. The molecular formula is C16H9Br2ClN2O2S. The molecule has 1 heterocycles. The van der Waals surface area contributed by atoms with Gasteiger partial charge in [-0.05, 0) is 70.6 Å². The molecule has 0 aliphatic carbocycles. The molecular weight excluding hydrogens is 480 g/mol. The first-order valence-corrected chi connectivity index (χ1v) is 9.05. The number of nitrogens with one attached hydrogen (secondary N) is 1. The SMILES string of the molecule is O=C1/C(=C/c2cc(Br)cc(Br)c2O)NC(=S)N1c1ccc(Cl)cc1. The van der Waals surface area contributed by atoms with Gasteiger partial charge in [0.1, 0.15) is 11.4 Å². The second kappa shape index (κ2) is 6.84. The molecule has 0 radical (unpaired) electrons. The zero-order valence-electron chi connectivity index (χ0n) is 11.9. The third-order valence-corrected chi connectivity index (χ3v) is 4.92. The van der Waals surface area contributed by atoms with Crippen molar-refractivity contribution in [2.75, 3.05) is 4.90 Å². The highest BCUT2D eigenvalue weighted by atomic mass is 79.9. The molecule has 1 aliphatic rings. The third kappa shape index (κ3) is 3.35. The minimum Gasteiger partial charge on any atom is -0.506 e. The Bertz CT molecular complexity index is 884. The van der Waals surface area contributed by atoms with Gasteiger partial charge in [-0.1, -0.05) is 27.5 Å². The Kier molecular flexibility index (Phi) is 4.96. The van der Waals surface area contributed by atoms with Crippen LogP contribution in [0.25, 0.3) is 6.08 Å². The van der Waals surface area contributed by atoms with E-state index in [2.05, 4.69) is 37.2 Å². The van der Waals surface area contributed by atoms with Crippen LogP contribution in [0.3, 0.4) is 0 Å². The van der Waals surface area contributed by atoms with Crippen LogP contribution < -0.4 is 10.2 Å². The molecule has 1 aliphatic heterocycles. The minimum absolute atomic E-state index is 0.0381. The van der Waals surface area contributed by atoms with Crippen LogP contribution in [0.15, 0.2) is 51.0 Å². The molecule has 0 aromatic heterocycles. The summed E-state index contributed by atoms with van der Waals surface area (Å²) in [5.41, 5.74) is 1.37. The molecule has 0 spiro atoms. The molecule has 1 saturated heterocycles. The Labute approximate surface area is 165 Å². The summed E-state index contributed by atoms with van der Waals surface area (Å²) in [6, 6.07) is 10.2. The maximum Gasteiger partial charge on any atom is 0.281 e. The number of carbonyl (C=O) groups excluding carboxylic acids is 1. The molecule has 0 bridgehead atoms. The molecule has 1 amide bonds. The van der Waals surface area contributed by atoms with E-state index in [1.165, 1.54) is 4.90 Å². The summed E-state index contributed by atoms with van der Waals surface area (Å²) in [5.74, 6) is -0.269. The van der Waals surface area contributed by atoms with E-state index < -0.39 is 0 Å². The number of benzene rings is 2. The maximum atomic E-state index is 12.7. The number of hydrogen-bond donors (Lipinski definition) is 2. The first-order chi connectivity index (χ1) is 11.4. The highest BCUT2D eigenvalue weighted by Crippen LogP contribution is 2.33. The van der Waals surface area contributed by atoms with Crippen molar-refractivity contribution in [3.8, 4) is 5.75 Å². The number of carbonyl (C=O) groups is 1. The van der Waals surface area contributed by atoms with Crippen LogP contribution in [-0.2, 0) is 4.79 Å². The Balaban J connectivity index is 1.98. The number of phenolic OH excluding ortho intramolecular Hbond substituents is 1. The fourth-order valence-corrected chi connectivity index (χ4v) is 3.89. The van der Waals surface area contributed by atoms with Crippen LogP contribution in [0.1, 0.15) is 5.56 Å². The lowest BCUT2D eigenvalue weighted by Crippen LogP contribution is -2.30. The lowest BCUT2D eigenvalue weighted by atomic mass is 10.1. The average molecular weight is 489 g/mol. The molecule has 8 heteroatoms. The first kappa shape index (κ1) is 17.4. The summed E-state index contributed by atoms with van der Waals surface area (Å²) in [6.07, 6.45) is 1.55. The van der Waals surface area contributed by atoms with Crippen molar-refractivity contribution in [1.82, 2.24) is 5.32 Å². The Hall–Kier alpha value is -1.41. The molecule has 122 valence electrons. The van der Waals surface area contributed by atoms with Gasteiger partial charge in [-0.3, -0.25) is 9.69 Å². The molecule has 0 atom stereocenters. The molecule has 1 fully saturated rings. The molecule has 2 N–H and O–H groups in total. The van der Waals surface area contributed by atoms with Gasteiger partial charge in [0.05, 0.1) is 10.2 Å². The van der Waals surface area contributed by atoms with Crippen LogP contribution in [-0.4, -0.2) is 16.1 Å². The maximum absolute atomic E-state index is 12.7. The summed E-state index contributed by atoms with van der Waals surface area (Å²) in [6.45, 7) is 0. The van der Waals surface area contributed by atoms with E-state index in [1.54, 1.807) is 42.5 Å². The Morgan fingerprint density at radius 3 is 2.54 bits per heavy atom. The average Bonchev–Trinajstić information content (AvgIpc) is 2.80. The number of rotatable bonds is 2. The smallest absolute Gasteiger partial charge is 0.281 e. The van der Waals surface area contributed by atoms with Crippen LogP contribution in [0.5, 0.6) is 5.75 Å². The number of anilines is 1. The fraction of sp³-hybridized carbons (Fsp3) is 0. The standard InChI is InChI=1S/C16H9Br2ClN2O2S/c17-9-5-8(14(22)12(18)7-9)6-13-15(23)21(16(24)20-13)11-3-1-10(19)2-4-11/h1-7,22H,(H,20,24)/b13-6-. The summed E-state index contributed by atoms with van der Waals surface area (Å²) < 4.78 is 1.29. The van der Waals surface area contributed by atoms with E-state index in [0.29, 0.717) is 20.7 Å². The van der Waals surface area contributed by atoms with Crippen LogP contribution in [0, 0.1) is 0 Å². The molecule has 24 heavy (non-hydrogen) atoms. The number of hydrogen-bond acceptors (Lipinski definition) is 3. The quantitative estimate of drug-likeness (QED) is 0.470. The number of thiocarbonyl (C=S) groups is 1. The Morgan fingerprint density at radius 1 is 1.21 bits per heavy atom. The molecule has 4 nitrogen and oxygen atoms in total. The van der Waals surface area contributed by atoms with Crippen molar-refractivity contribution >= 4 is 78.5 Å². The van der Waals surface area contributed by atoms with Crippen molar-refractivity contribution < 1.29 is 9.90 Å². The highest BCUT2D eigenvalue weighted by molar-refractivity contribution is 9.11. The normalized spacial score (nSPS) is 16.0. The van der Waals surface area contributed by atoms with Gasteiger partial charge >= 0.3 is 0 Å². The van der Waals surface area contributed by atoms with E-state index in [9.17, 15) is 9.90 Å². The predicted octanol–water partition coefficient (Wildman–Crippen LogP) is 4.83. The number of aromatic hydroxyl groups is 1. The number of phenols is 1. The van der Waals surface area contributed by atoms with E-state index in [-0.39, 0.29) is 22.5 Å². The van der Waals surface area contributed by atoms with Crippen molar-refractivity contribution in [3.05, 3.63) is 61.6 Å². The zero-order valence-corrected chi connectivity index (χ0v) is 16.6. The first-order valence-electron chi connectivity index (χ1n) is 6.67. The van der Waals surface area contributed by atoms with Gasteiger partial charge in [0.15, 0.2) is 5.11 Å². The summed E-state index contributed by atoms with van der Waals surface area (Å²) in [7, 11) is 0. The zero-order chi connectivity index (χ0) is 17.4. The minimum atomic E-state index is -0.308. The van der Waals surface area contributed by atoms with Gasteiger partial charge < -0.3 is 10.4 Å². The largest absolute Gasteiger partial charge is 0.506 e. The van der Waals surface area contributed by atoms with Crippen molar-refractivity contribution in [2.45, 2.75) is 0 Å². The van der Waals surface area contributed by atoms with Crippen molar-refractivity contribution in [2.24, 2.45) is 0 Å². The molecule has 0 saturated carbocycles. The van der Waals surface area contributed by atoms with E-state index in [0.717, 1.165) is 4.47 Å². The number of amides is 1. The van der Waals surface area contributed by atoms with Crippen molar-refractivity contribution in [1.29, 1.82) is 0 Å². The number of halogens is 3. The van der Waals surface area contributed by atoms with E-state index in [4.69, 9.17) is 23.8 Å². The Morgan fingerprint density at radius 2 is 1.88 bits per heavy atom.